The van der Waals surface area contributed by atoms with Gasteiger partial charge in [0.2, 0.25) is 5.91 Å². The van der Waals surface area contributed by atoms with Gasteiger partial charge in [0.1, 0.15) is 6.04 Å². The zero-order valence-corrected chi connectivity index (χ0v) is 27.7. The largest absolute Gasteiger partial charge is 0.465 e. The Morgan fingerprint density at radius 3 is 2.09 bits per heavy atom. The summed E-state index contributed by atoms with van der Waals surface area (Å²) in [5.74, 6) is -0.277. The molecule has 0 bridgehead atoms. The van der Waals surface area contributed by atoms with Crippen LogP contribution in [0.1, 0.15) is 29.0 Å². The molecule has 11 heteroatoms. The van der Waals surface area contributed by atoms with Gasteiger partial charge in [-0.1, -0.05) is 78.9 Å². The Labute approximate surface area is 280 Å². The van der Waals surface area contributed by atoms with Gasteiger partial charge < -0.3 is 25.8 Å². The van der Waals surface area contributed by atoms with Crippen LogP contribution >= 0.6 is 11.8 Å². The van der Waals surface area contributed by atoms with Gasteiger partial charge >= 0.3 is 6.09 Å². The minimum absolute atomic E-state index is 0.0148. The normalized spacial score (nSPS) is 17.1. The fourth-order valence-electron chi connectivity index (χ4n) is 5.73. The maximum absolute atomic E-state index is 13.9. The number of rotatable bonds is 13. The van der Waals surface area contributed by atoms with Crippen LogP contribution in [0.4, 0.5) is 10.5 Å². The summed E-state index contributed by atoms with van der Waals surface area (Å²) in [5, 5.41) is 18.7. The first kappa shape index (κ1) is 34.2. The lowest BCUT2D eigenvalue weighted by atomic mass is 9.84. The molecule has 1 aliphatic heterocycles. The summed E-state index contributed by atoms with van der Waals surface area (Å²) in [7, 11) is -3.23. The topological polar surface area (TPSA) is 134 Å². The molecular formula is C36H39N3O6S2. The number of carbonyl (C=O) groups is 2. The number of hydrogen-bond donors (Lipinski definition) is 4. The van der Waals surface area contributed by atoms with Crippen LogP contribution in [0.25, 0.3) is 0 Å². The third kappa shape index (κ3) is 9.68. The van der Waals surface area contributed by atoms with Crippen LogP contribution in [0.5, 0.6) is 0 Å². The Morgan fingerprint density at radius 2 is 1.47 bits per heavy atom. The van der Waals surface area contributed by atoms with Gasteiger partial charge in [0.25, 0.3) is 0 Å². The van der Waals surface area contributed by atoms with E-state index in [9.17, 15) is 23.1 Å². The number of hydrogen-bond acceptors (Lipinski definition) is 7. The number of thioether (sulfide) groups is 1. The molecule has 0 spiro atoms. The van der Waals surface area contributed by atoms with Crippen LogP contribution in [0.15, 0.2) is 119 Å². The molecule has 1 fully saturated rings. The quantitative estimate of drug-likeness (QED) is 0.135. The molecule has 0 radical (unpaired) electrons. The lowest BCUT2D eigenvalue weighted by molar-refractivity contribution is -0.118. The molecule has 2 amide bonds. The van der Waals surface area contributed by atoms with E-state index in [4.69, 9.17) is 4.74 Å². The number of nitrogens with one attached hydrogen (secondary N) is 3. The highest BCUT2D eigenvalue weighted by atomic mass is 32.2. The third-order valence-corrected chi connectivity index (χ3v) is 10.3. The smallest absolute Gasteiger partial charge is 0.405 e. The van der Waals surface area contributed by atoms with Crippen molar-refractivity contribution in [1.82, 2.24) is 10.6 Å². The van der Waals surface area contributed by atoms with Crippen molar-refractivity contribution in [3.63, 3.8) is 0 Å². The second-order valence-corrected chi connectivity index (χ2v) is 14.6. The Kier molecular flexibility index (Phi) is 11.7. The number of sulfone groups is 1. The molecule has 246 valence electrons. The lowest BCUT2D eigenvalue weighted by Gasteiger charge is -2.31. The van der Waals surface area contributed by atoms with Gasteiger partial charge in [-0.2, -0.15) is 0 Å². The summed E-state index contributed by atoms with van der Waals surface area (Å²) in [6, 6.07) is 32.2. The SMILES string of the molecule is CS(=O)(=O)c1ccc(SC[C@@H]2CNC[C@@H](CCc3ccccc3NC(=O)[C@@H](NC(=O)O)C(c3ccccc3)c3ccccc3)O2)cc1. The highest BCUT2D eigenvalue weighted by Gasteiger charge is 2.33. The van der Waals surface area contributed by atoms with E-state index in [1.165, 1.54) is 6.26 Å². The molecule has 1 saturated heterocycles. The number of morpholine rings is 1. The minimum Gasteiger partial charge on any atom is -0.465 e. The van der Waals surface area contributed by atoms with Crippen LogP contribution in [-0.2, 0) is 25.8 Å². The molecular weight excluding hydrogens is 635 g/mol. The van der Waals surface area contributed by atoms with Crippen LogP contribution in [0, 0.1) is 0 Å². The maximum Gasteiger partial charge on any atom is 0.405 e. The van der Waals surface area contributed by atoms with Crippen molar-refractivity contribution in [2.45, 2.75) is 46.8 Å². The number of amides is 2. The first-order valence-electron chi connectivity index (χ1n) is 15.4. The average Bonchev–Trinajstić information content (AvgIpc) is 3.07. The number of benzene rings is 4. The predicted molar refractivity (Wildman–Crippen MR) is 185 cm³/mol. The second kappa shape index (κ2) is 16.1. The van der Waals surface area contributed by atoms with Crippen molar-refractivity contribution in [3.05, 3.63) is 126 Å². The van der Waals surface area contributed by atoms with Gasteiger partial charge in [0.05, 0.1) is 17.1 Å². The summed E-state index contributed by atoms with van der Waals surface area (Å²) in [5.41, 5.74) is 3.20. The Morgan fingerprint density at radius 1 is 0.872 bits per heavy atom. The van der Waals surface area contributed by atoms with E-state index >= 15 is 0 Å². The Bertz CT molecular complexity index is 1700. The van der Waals surface area contributed by atoms with Gasteiger partial charge in [0, 0.05) is 41.6 Å². The number of anilines is 1. The molecule has 9 nitrogen and oxygen atoms in total. The molecule has 5 rings (SSSR count). The van der Waals surface area contributed by atoms with Gasteiger partial charge in [-0.15, -0.1) is 11.8 Å². The number of carboxylic acid groups (broad SMARTS) is 1. The van der Waals surface area contributed by atoms with Crippen molar-refractivity contribution in [3.8, 4) is 0 Å². The van der Waals surface area contributed by atoms with Gasteiger partial charge in [-0.3, -0.25) is 4.79 Å². The van der Waals surface area contributed by atoms with Crippen LogP contribution < -0.4 is 16.0 Å². The minimum atomic E-state index is -3.23. The van der Waals surface area contributed by atoms with E-state index in [1.807, 2.05) is 97.1 Å². The third-order valence-electron chi connectivity index (χ3n) is 8.04. The molecule has 0 saturated carbocycles. The molecule has 4 aromatic carbocycles. The molecule has 47 heavy (non-hydrogen) atoms. The highest BCUT2D eigenvalue weighted by molar-refractivity contribution is 7.99. The molecule has 4 aromatic rings. The van der Waals surface area contributed by atoms with Crippen LogP contribution in [0.3, 0.4) is 0 Å². The number of ether oxygens (including phenoxy) is 1. The molecule has 3 atom stereocenters. The van der Waals surface area contributed by atoms with Gasteiger partial charge in [-0.25, -0.2) is 13.2 Å². The van der Waals surface area contributed by atoms with Crippen molar-refractivity contribution in [2.75, 3.05) is 30.4 Å². The first-order chi connectivity index (χ1) is 22.7. The zero-order valence-electron chi connectivity index (χ0n) is 26.0. The van der Waals surface area contributed by atoms with Crippen LogP contribution in [0.2, 0.25) is 0 Å². The van der Waals surface area contributed by atoms with E-state index in [2.05, 4.69) is 16.0 Å². The summed E-state index contributed by atoms with van der Waals surface area (Å²) in [4.78, 5) is 27.1. The van der Waals surface area contributed by atoms with Crippen molar-refractivity contribution < 1.29 is 27.9 Å². The van der Waals surface area contributed by atoms with Crippen molar-refractivity contribution in [2.24, 2.45) is 0 Å². The monoisotopic (exact) mass is 673 g/mol. The summed E-state index contributed by atoms with van der Waals surface area (Å²) >= 11 is 1.62. The van der Waals surface area contributed by atoms with E-state index in [1.54, 1.807) is 23.9 Å². The molecule has 0 aliphatic carbocycles. The molecule has 4 N–H and O–H groups in total. The second-order valence-electron chi connectivity index (χ2n) is 11.5. The number of para-hydroxylation sites is 1. The summed E-state index contributed by atoms with van der Waals surface area (Å²) < 4.78 is 29.9. The van der Waals surface area contributed by atoms with E-state index in [0.717, 1.165) is 40.3 Å². The molecule has 1 aliphatic rings. The Hall–Kier alpha value is -4.16. The van der Waals surface area contributed by atoms with E-state index in [0.29, 0.717) is 23.5 Å². The Balaban J connectivity index is 1.23. The highest BCUT2D eigenvalue weighted by Crippen LogP contribution is 2.30. The van der Waals surface area contributed by atoms with Gasteiger partial charge in [0.15, 0.2) is 9.84 Å². The molecule has 1 heterocycles. The van der Waals surface area contributed by atoms with Crippen LogP contribution in [-0.4, -0.2) is 68.9 Å². The average molecular weight is 674 g/mol. The zero-order chi connectivity index (χ0) is 33.2. The van der Waals surface area contributed by atoms with E-state index < -0.39 is 33.8 Å². The summed E-state index contributed by atoms with van der Waals surface area (Å²) in [6.45, 7) is 1.43. The fraction of sp³-hybridized carbons (Fsp3) is 0.278. The predicted octanol–water partition coefficient (Wildman–Crippen LogP) is 5.58. The van der Waals surface area contributed by atoms with E-state index in [-0.39, 0.29) is 12.2 Å². The lowest BCUT2D eigenvalue weighted by Crippen LogP contribution is -2.47. The van der Waals surface area contributed by atoms with Crippen molar-refractivity contribution in [1.29, 1.82) is 0 Å². The molecule has 0 aromatic heterocycles. The first-order valence-corrected chi connectivity index (χ1v) is 18.3. The fourth-order valence-corrected chi connectivity index (χ4v) is 7.27. The molecule has 0 unspecified atom stereocenters. The van der Waals surface area contributed by atoms with Gasteiger partial charge in [-0.05, 0) is 59.9 Å². The number of aryl methyl sites for hydroxylation is 1. The van der Waals surface area contributed by atoms with Crippen molar-refractivity contribution >= 4 is 39.3 Å². The maximum atomic E-state index is 13.9. The summed E-state index contributed by atoms with van der Waals surface area (Å²) in [6.07, 6.45) is 1.23. The number of carbonyl (C=O) groups excluding carboxylic acids is 1. The standard InChI is InChI=1S/C36H39N3O6S2/c1-47(43,44)31-20-18-30(19-21-31)46-24-29-23-37-22-28(45-29)17-16-25-10-8-9-15-32(25)38-35(40)34(39-36(41)42)33(26-11-4-2-5-12-26)27-13-6-3-7-14-27/h2-15,18-21,28-29,33-34,37,39H,16-17,22-24H2,1H3,(H,38,40)(H,41,42)/t28-,29+,34+/m1/s1.